The van der Waals surface area contributed by atoms with E-state index in [4.69, 9.17) is 9.72 Å². The van der Waals surface area contributed by atoms with Gasteiger partial charge in [-0.2, -0.15) is 0 Å². The molecule has 0 spiro atoms. The van der Waals surface area contributed by atoms with Gasteiger partial charge in [0.15, 0.2) is 0 Å². The van der Waals surface area contributed by atoms with Gasteiger partial charge in [0.25, 0.3) is 0 Å². The Kier molecular flexibility index (Phi) is 5.59. The van der Waals surface area contributed by atoms with Crippen LogP contribution in [0.15, 0.2) is 48.5 Å². The maximum absolute atomic E-state index is 12.7. The van der Waals surface area contributed by atoms with Gasteiger partial charge in [-0.05, 0) is 57.1 Å². The van der Waals surface area contributed by atoms with Crippen LogP contribution < -0.4 is 10.1 Å². The van der Waals surface area contributed by atoms with Crippen LogP contribution >= 0.6 is 11.3 Å². The lowest BCUT2D eigenvalue weighted by atomic mass is 9.96. The molecule has 1 saturated heterocycles. The largest absolute Gasteiger partial charge is 0.497 e. The molecule has 1 aliphatic heterocycles. The molecule has 1 aromatic heterocycles. The van der Waals surface area contributed by atoms with E-state index in [9.17, 15) is 4.79 Å². The molecular weight excluding hydrogens is 370 g/mol. The minimum absolute atomic E-state index is 0.0201. The molecule has 1 N–H and O–H groups in total. The van der Waals surface area contributed by atoms with Crippen molar-refractivity contribution in [3.63, 3.8) is 0 Å². The van der Waals surface area contributed by atoms with Gasteiger partial charge in [-0.1, -0.05) is 18.2 Å². The average molecular weight is 396 g/mol. The number of likely N-dealkylation sites (tertiary alicyclic amines) is 1. The molecule has 2 heterocycles. The number of fused-ring (bicyclic) bond motifs is 1. The van der Waals surface area contributed by atoms with Gasteiger partial charge in [-0.15, -0.1) is 11.3 Å². The highest BCUT2D eigenvalue weighted by molar-refractivity contribution is 7.18. The van der Waals surface area contributed by atoms with Crippen LogP contribution in [0.5, 0.6) is 5.75 Å². The van der Waals surface area contributed by atoms with Crippen molar-refractivity contribution in [1.29, 1.82) is 0 Å². The number of hydrogen-bond donors (Lipinski definition) is 1. The lowest BCUT2D eigenvalue weighted by Crippen LogP contribution is -2.45. The number of para-hydroxylation sites is 1. The van der Waals surface area contributed by atoms with Crippen LogP contribution in [0.1, 0.15) is 30.7 Å². The van der Waals surface area contributed by atoms with Gasteiger partial charge in [0.05, 0.1) is 28.4 Å². The third-order valence-electron chi connectivity index (χ3n) is 5.45. The van der Waals surface area contributed by atoms with Crippen molar-refractivity contribution >= 4 is 33.1 Å². The van der Waals surface area contributed by atoms with Gasteiger partial charge < -0.3 is 10.1 Å². The van der Waals surface area contributed by atoms with E-state index in [0.717, 1.165) is 42.9 Å². The fourth-order valence-electron chi connectivity index (χ4n) is 3.71. The number of aromatic nitrogens is 1. The van der Waals surface area contributed by atoms with Gasteiger partial charge in [0, 0.05) is 17.7 Å². The first-order valence-corrected chi connectivity index (χ1v) is 10.5. The van der Waals surface area contributed by atoms with Gasteiger partial charge in [-0.3, -0.25) is 9.69 Å². The van der Waals surface area contributed by atoms with E-state index in [-0.39, 0.29) is 11.9 Å². The molecular formula is C22H25N3O2S. The van der Waals surface area contributed by atoms with E-state index in [1.54, 1.807) is 18.4 Å². The van der Waals surface area contributed by atoms with Crippen LogP contribution in [0.2, 0.25) is 0 Å². The highest BCUT2D eigenvalue weighted by atomic mass is 32.1. The summed E-state index contributed by atoms with van der Waals surface area (Å²) in [6.45, 7) is 3.80. The maximum Gasteiger partial charge on any atom is 0.241 e. The zero-order chi connectivity index (χ0) is 19.5. The van der Waals surface area contributed by atoms with Gasteiger partial charge in [0.1, 0.15) is 5.75 Å². The SMILES string of the molecule is COc1cccc(NC(=O)[C@@H](C)N2CCC(c3nc4ccccc4s3)CC2)c1. The number of methoxy groups -OCH3 is 1. The predicted molar refractivity (Wildman–Crippen MR) is 114 cm³/mol. The predicted octanol–water partition coefficient (Wildman–Crippen LogP) is 4.51. The molecule has 0 radical (unpaired) electrons. The molecule has 3 aromatic rings. The van der Waals surface area contributed by atoms with Crippen molar-refractivity contribution in [1.82, 2.24) is 9.88 Å². The number of carbonyl (C=O) groups is 1. The summed E-state index contributed by atoms with van der Waals surface area (Å²) < 4.78 is 6.48. The first-order valence-electron chi connectivity index (χ1n) is 9.68. The van der Waals surface area contributed by atoms with E-state index in [1.807, 2.05) is 37.3 Å². The summed E-state index contributed by atoms with van der Waals surface area (Å²) in [5, 5.41) is 4.23. The van der Waals surface area contributed by atoms with Crippen LogP contribution in [-0.4, -0.2) is 42.0 Å². The monoisotopic (exact) mass is 395 g/mol. The molecule has 2 aromatic carbocycles. The number of amides is 1. The van der Waals surface area contributed by atoms with Crippen molar-refractivity contribution < 1.29 is 9.53 Å². The standard InChI is InChI=1S/C22H25N3O2S/c1-15(21(26)23-17-6-5-7-18(14-17)27-2)25-12-10-16(11-13-25)22-24-19-8-3-4-9-20(19)28-22/h3-9,14-16H,10-13H2,1-2H3,(H,23,26)/t15-/m1/s1. The third-order valence-corrected chi connectivity index (χ3v) is 6.65. The lowest BCUT2D eigenvalue weighted by molar-refractivity contribution is -0.121. The second kappa shape index (κ2) is 8.29. The molecule has 6 heteroatoms. The molecule has 4 rings (SSSR count). The summed E-state index contributed by atoms with van der Waals surface area (Å²) in [7, 11) is 1.62. The number of rotatable bonds is 5. The summed E-state index contributed by atoms with van der Waals surface area (Å²) in [6.07, 6.45) is 2.08. The lowest BCUT2D eigenvalue weighted by Gasteiger charge is -2.34. The second-order valence-electron chi connectivity index (χ2n) is 7.23. The van der Waals surface area contributed by atoms with Crippen molar-refractivity contribution in [2.45, 2.75) is 31.7 Å². The van der Waals surface area contributed by atoms with E-state index in [1.165, 1.54) is 9.71 Å². The zero-order valence-corrected chi connectivity index (χ0v) is 17.0. The Labute approximate surface area is 169 Å². The molecule has 0 aliphatic carbocycles. The number of carbonyl (C=O) groups excluding carboxylic acids is 1. The van der Waals surface area contributed by atoms with Crippen molar-refractivity contribution in [2.24, 2.45) is 0 Å². The van der Waals surface area contributed by atoms with Crippen LogP contribution in [0.4, 0.5) is 5.69 Å². The summed E-state index contributed by atoms with van der Waals surface area (Å²) in [4.78, 5) is 19.8. The minimum atomic E-state index is -0.164. The van der Waals surface area contributed by atoms with Crippen molar-refractivity contribution in [3.05, 3.63) is 53.5 Å². The second-order valence-corrected chi connectivity index (χ2v) is 8.29. The number of hydrogen-bond acceptors (Lipinski definition) is 5. The molecule has 0 saturated carbocycles. The summed E-state index contributed by atoms with van der Waals surface area (Å²) in [6, 6.07) is 15.6. The summed E-state index contributed by atoms with van der Waals surface area (Å²) >= 11 is 1.80. The molecule has 1 fully saturated rings. The van der Waals surface area contributed by atoms with Crippen LogP contribution in [-0.2, 0) is 4.79 Å². The van der Waals surface area contributed by atoms with E-state index >= 15 is 0 Å². The fourth-order valence-corrected chi connectivity index (χ4v) is 4.85. The molecule has 28 heavy (non-hydrogen) atoms. The van der Waals surface area contributed by atoms with E-state index in [2.05, 4.69) is 28.4 Å². The number of thiazole rings is 1. The maximum atomic E-state index is 12.7. The van der Waals surface area contributed by atoms with E-state index in [0.29, 0.717) is 5.92 Å². The first kappa shape index (κ1) is 18.9. The Bertz CT molecular complexity index is 930. The van der Waals surface area contributed by atoms with Gasteiger partial charge >= 0.3 is 0 Å². The van der Waals surface area contributed by atoms with Crippen molar-refractivity contribution in [2.75, 3.05) is 25.5 Å². The molecule has 0 unspecified atom stereocenters. The summed E-state index contributed by atoms with van der Waals surface area (Å²) in [5.41, 5.74) is 1.86. The highest BCUT2D eigenvalue weighted by Gasteiger charge is 2.28. The molecule has 1 amide bonds. The Hall–Kier alpha value is -2.44. The Morgan fingerprint density at radius 2 is 2.00 bits per heavy atom. The average Bonchev–Trinajstić information content (AvgIpc) is 3.17. The Balaban J connectivity index is 1.35. The number of ether oxygens (including phenoxy) is 1. The zero-order valence-electron chi connectivity index (χ0n) is 16.2. The number of piperidine rings is 1. The Morgan fingerprint density at radius 3 is 2.75 bits per heavy atom. The first-order chi connectivity index (χ1) is 13.6. The van der Waals surface area contributed by atoms with Crippen LogP contribution in [0.25, 0.3) is 10.2 Å². The van der Waals surface area contributed by atoms with E-state index < -0.39 is 0 Å². The minimum Gasteiger partial charge on any atom is -0.497 e. The number of anilines is 1. The van der Waals surface area contributed by atoms with Crippen molar-refractivity contribution in [3.8, 4) is 5.75 Å². The molecule has 0 bridgehead atoms. The topological polar surface area (TPSA) is 54.5 Å². The van der Waals surface area contributed by atoms with Gasteiger partial charge in [0.2, 0.25) is 5.91 Å². The normalized spacial score (nSPS) is 16.8. The van der Waals surface area contributed by atoms with Crippen LogP contribution in [0, 0.1) is 0 Å². The smallest absolute Gasteiger partial charge is 0.241 e. The molecule has 146 valence electrons. The number of nitrogens with zero attached hydrogens (tertiary/aromatic N) is 2. The highest BCUT2D eigenvalue weighted by Crippen LogP contribution is 2.34. The third kappa shape index (κ3) is 4.03. The number of benzene rings is 2. The summed E-state index contributed by atoms with van der Waals surface area (Å²) in [5.74, 6) is 1.25. The molecule has 1 aliphatic rings. The van der Waals surface area contributed by atoms with Gasteiger partial charge in [-0.25, -0.2) is 4.98 Å². The fraction of sp³-hybridized carbons (Fsp3) is 0.364. The molecule has 5 nitrogen and oxygen atoms in total. The quantitative estimate of drug-likeness (QED) is 0.690. The Morgan fingerprint density at radius 1 is 1.21 bits per heavy atom. The molecule has 1 atom stereocenters. The number of nitrogens with one attached hydrogen (secondary N) is 1. The van der Waals surface area contributed by atoms with Crippen LogP contribution in [0.3, 0.4) is 0 Å².